The van der Waals surface area contributed by atoms with Crippen LogP contribution in [0.15, 0.2) is 24.3 Å². The number of aromatic carboxylic acids is 1. The van der Waals surface area contributed by atoms with Gasteiger partial charge >= 0.3 is 5.97 Å². The van der Waals surface area contributed by atoms with Crippen LogP contribution in [0.3, 0.4) is 0 Å². The lowest BCUT2D eigenvalue weighted by Crippen LogP contribution is -2.53. The van der Waals surface area contributed by atoms with Crippen LogP contribution in [0.1, 0.15) is 29.8 Å². The minimum Gasteiger partial charge on any atom is -0.478 e. The Hall–Kier alpha value is -1.39. The van der Waals surface area contributed by atoms with Crippen molar-refractivity contribution in [2.45, 2.75) is 26.3 Å². The second-order valence-corrected chi connectivity index (χ2v) is 5.84. The van der Waals surface area contributed by atoms with Gasteiger partial charge in [0, 0.05) is 25.7 Å². The lowest BCUT2D eigenvalue weighted by Gasteiger charge is -2.34. The van der Waals surface area contributed by atoms with Crippen molar-refractivity contribution in [1.29, 1.82) is 0 Å². The molecule has 0 amide bonds. The maximum atomic E-state index is 11.3. The molecule has 0 aromatic heterocycles. The molecular formula is C16H24N2O2. The number of nitrogens with one attached hydrogen (secondary N) is 2. The van der Waals surface area contributed by atoms with Crippen molar-refractivity contribution in [2.24, 2.45) is 11.8 Å². The number of carboxylic acid groups (broad SMARTS) is 1. The molecule has 1 aromatic carbocycles. The highest BCUT2D eigenvalue weighted by atomic mass is 16.4. The van der Waals surface area contributed by atoms with Gasteiger partial charge in [-0.25, -0.2) is 4.79 Å². The Morgan fingerprint density at radius 1 is 1.35 bits per heavy atom. The van der Waals surface area contributed by atoms with Crippen LogP contribution >= 0.6 is 0 Å². The summed E-state index contributed by atoms with van der Waals surface area (Å²) in [4.78, 5) is 11.3. The van der Waals surface area contributed by atoms with E-state index in [2.05, 4.69) is 24.5 Å². The van der Waals surface area contributed by atoms with Crippen LogP contribution in [-0.2, 0) is 6.42 Å². The SMILES string of the molecule is CC(C)[C@H](Cc1ccccc1C(=O)O)C1CNCCN1. The zero-order valence-corrected chi connectivity index (χ0v) is 12.2. The van der Waals surface area contributed by atoms with Gasteiger partial charge < -0.3 is 15.7 Å². The third-order valence-corrected chi connectivity index (χ3v) is 4.15. The Morgan fingerprint density at radius 3 is 2.70 bits per heavy atom. The quantitative estimate of drug-likeness (QED) is 0.767. The van der Waals surface area contributed by atoms with Crippen molar-refractivity contribution in [1.82, 2.24) is 10.6 Å². The largest absolute Gasteiger partial charge is 0.478 e. The van der Waals surface area contributed by atoms with E-state index in [1.807, 2.05) is 12.1 Å². The first-order valence-corrected chi connectivity index (χ1v) is 7.35. The predicted octanol–water partition coefficient (Wildman–Crippen LogP) is 1.76. The minimum atomic E-state index is -0.835. The molecular weight excluding hydrogens is 252 g/mol. The predicted molar refractivity (Wildman–Crippen MR) is 80.1 cm³/mol. The van der Waals surface area contributed by atoms with Crippen molar-refractivity contribution in [3.8, 4) is 0 Å². The summed E-state index contributed by atoms with van der Waals surface area (Å²) in [7, 11) is 0. The topological polar surface area (TPSA) is 61.4 Å². The van der Waals surface area contributed by atoms with Crippen LogP contribution in [0.5, 0.6) is 0 Å². The zero-order chi connectivity index (χ0) is 14.5. The fraction of sp³-hybridized carbons (Fsp3) is 0.562. The number of rotatable bonds is 5. The first-order valence-electron chi connectivity index (χ1n) is 7.35. The van der Waals surface area contributed by atoms with Crippen LogP contribution in [0.2, 0.25) is 0 Å². The van der Waals surface area contributed by atoms with Gasteiger partial charge in [0.2, 0.25) is 0 Å². The summed E-state index contributed by atoms with van der Waals surface area (Å²) in [5, 5.41) is 16.3. The summed E-state index contributed by atoms with van der Waals surface area (Å²) >= 11 is 0. The van der Waals surface area contributed by atoms with Crippen molar-refractivity contribution in [2.75, 3.05) is 19.6 Å². The number of carbonyl (C=O) groups is 1. The van der Waals surface area contributed by atoms with Gasteiger partial charge in [-0.15, -0.1) is 0 Å². The first-order chi connectivity index (χ1) is 9.59. The molecule has 0 radical (unpaired) electrons. The smallest absolute Gasteiger partial charge is 0.335 e. The average molecular weight is 276 g/mol. The molecule has 1 aromatic rings. The molecule has 0 aliphatic carbocycles. The van der Waals surface area contributed by atoms with Crippen LogP contribution in [-0.4, -0.2) is 36.8 Å². The van der Waals surface area contributed by atoms with Crippen LogP contribution < -0.4 is 10.6 Å². The van der Waals surface area contributed by atoms with E-state index in [-0.39, 0.29) is 0 Å². The van der Waals surface area contributed by atoms with Gasteiger partial charge in [-0.2, -0.15) is 0 Å². The average Bonchev–Trinajstić information content (AvgIpc) is 2.45. The Morgan fingerprint density at radius 2 is 2.10 bits per heavy atom. The van der Waals surface area contributed by atoms with Crippen LogP contribution in [0, 0.1) is 11.8 Å². The summed E-state index contributed by atoms with van der Waals surface area (Å²) in [6.07, 6.45) is 0.805. The van der Waals surface area contributed by atoms with Crippen LogP contribution in [0.4, 0.5) is 0 Å². The number of benzene rings is 1. The maximum absolute atomic E-state index is 11.3. The van der Waals surface area contributed by atoms with Gasteiger partial charge in [0.1, 0.15) is 0 Å². The number of hydrogen-bond acceptors (Lipinski definition) is 3. The molecule has 1 aliphatic heterocycles. The fourth-order valence-corrected chi connectivity index (χ4v) is 2.98. The highest BCUT2D eigenvalue weighted by molar-refractivity contribution is 5.89. The molecule has 2 atom stereocenters. The van der Waals surface area contributed by atoms with Gasteiger partial charge in [-0.05, 0) is 29.9 Å². The van der Waals surface area contributed by atoms with E-state index in [0.29, 0.717) is 23.4 Å². The number of carboxylic acids is 1. The molecule has 20 heavy (non-hydrogen) atoms. The summed E-state index contributed by atoms with van der Waals surface area (Å²) < 4.78 is 0. The molecule has 1 aliphatic rings. The van der Waals surface area contributed by atoms with Crippen molar-refractivity contribution in [3.63, 3.8) is 0 Å². The summed E-state index contributed by atoms with van der Waals surface area (Å²) in [5.41, 5.74) is 1.37. The van der Waals surface area contributed by atoms with E-state index in [1.54, 1.807) is 12.1 Å². The lowest BCUT2D eigenvalue weighted by atomic mass is 9.81. The summed E-state index contributed by atoms with van der Waals surface area (Å²) in [6, 6.07) is 7.76. The fourth-order valence-electron chi connectivity index (χ4n) is 2.98. The van der Waals surface area contributed by atoms with E-state index < -0.39 is 5.97 Å². The van der Waals surface area contributed by atoms with E-state index in [1.165, 1.54) is 0 Å². The molecule has 110 valence electrons. The second kappa shape index (κ2) is 6.86. The Kier molecular flexibility index (Phi) is 5.15. The molecule has 3 N–H and O–H groups in total. The van der Waals surface area contributed by atoms with Gasteiger partial charge in [-0.1, -0.05) is 32.0 Å². The van der Waals surface area contributed by atoms with E-state index in [0.717, 1.165) is 31.6 Å². The molecule has 2 rings (SSSR count). The Bertz CT molecular complexity index is 454. The van der Waals surface area contributed by atoms with Gasteiger partial charge in [-0.3, -0.25) is 0 Å². The Labute approximate surface area is 120 Å². The molecule has 0 saturated carbocycles. The number of hydrogen-bond donors (Lipinski definition) is 3. The molecule has 4 nitrogen and oxygen atoms in total. The standard InChI is InChI=1S/C16H24N2O2/c1-11(2)14(15-10-17-7-8-18-15)9-12-5-3-4-6-13(12)16(19)20/h3-6,11,14-15,17-18H,7-10H2,1-2H3,(H,19,20)/t14-,15?/m0/s1. The Balaban J connectivity index is 2.17. The summed E-state index contributed by atoms with van der Waals surface area (Å²) in [6.45, 7) is 7.37. The van der Waals surface area contributed by atoms with E-state index >= 15 is 0 Å². The second-order valence-electron chi connectivity index (χ2n) is 5.84. The lowest BCUT2D eigenvalue weighted by molar-refractivity contribution is 0.0695. The van der Waals surface area contributed by atoms with Crippen LogP contribution in [0.25, 0.3) is 0 Å². The molecule has 1 saturated heterocycles. The first kappa shape index (κ1) is 15.0. The highest BCUT2D eigenvalue weighted by Crippen LogP contribution is 2.23. The highest BCUT2D eigenvalue weighted by Gasteiger charge is 2.27. The molecule has 4 heteroatoms. The molecule has 1 unspecified atom stereocenters. The molecule has 1 heterocycles. The summed E-state index contributed by atoms with van der Waals surface area (Å²) in [5.74, 6) is 0.107. The third-order valence-electron chi connectivity index (χ3n) is 4.15. The van der Waals surface area contributed by atoms with Gasteiger partial charge in [0.25, 0.3) is 0 Å². The number of piperazine rings is 1. The maximum Gasteiger partial charge on any atom is 0.335 e. The van der Waals surface area contributed by atoms with Gasteiger partial charge in [0.05, 0.1) is 5.56 Å². The van der Waals surface area contributed by atoms with Crippen molar-refractivity contribution in [3.05, 3.63) is 35.4 Å². The molecule has 0 bridgehead atoms. The molecule has 0 spiro atoms. The monoisotopic (exact) mass is 276 g/mol. The van der Waals surface area contributed by atoms with Crippen molar-refractivity contribution >= 4 is 5.97 Å². The van der Waals surface area contributed by atoms with Gasteiger partial charge in [0.15, 0.2) is 0 Å². The third kappa shape index (κ3) is 3.58. The van der Waals surface area contributed by atoms with E-state index in [4.69, 9.17) is 0 Å². The minimum absolute atomic E-state index is 0.408. The van der Waals surface area contributed by atoms with E-state index in [9.17, 15) is 9.90 Å². The zero-order valence-electron chi connectivity index (χ0n) is 12.2. The normalized spacial score (nSPS) is 20.9. The van der Waals surface area contributed by atoms with Crippen molar-refractivity contribution < 1.29 is 9.90 Å². The molecule has 1 fully saturated rings.